The number of carbonyl (C=O) groups is 2. The Bertz CT molecular complexity index is 471. The van der Waals surface area contributed by atoms with E-state index < -0.39 is 6.03 Å². The maximum absolute atomic E-state index is 11.8. The van der Waals surface area contributed by atoms with Crippen molar-refractivity contribution in [2.75, 3.05) is 11.9 Å². The first kappa shape index (κ1) is 16.3. The predicted octanol–water partition coefficient (Wildman–Crippen LogP) is 3.11. The van der Waals surface area contributed by atoms with E-state index in [0.717, 1.165) is 5.56 Å². The molecule has 2 amide bonds. The van der Waals surface area contributed by atoms with Gasteiger partial charge in [0.15, 0.2) is 0 Å². The standard InChI is InChI=1S/C14H19ClN2O3/c1-4-20-12(18)8-10(3)16-14(19)17-13-9(2)6-5-7-11(13)15/h5-7,10H,4,8H2,1-3H3,(H2,16,17,19). The molecule has 0 aromatic heterocycles. The second-order valence-electron chi connectivity index (χ2n) is 4.44. The second-order valence-corrected chi connectivity index (χ2v) is 4.85. The Balaban J connectivity index is 2.53. The Labute approximate surface area is 123 Å². The summed E-state index contributed by atoms with van der Waals surface area (Å²) in [7, 11) is 0. The minimum Gasteiger partial charge on any atom is -0.466 e. The molecule has 0 spiro atoms. The zero-order valence-electron chi connectivity index (χ0n) is 11.8. The third-order valence-corrected chi connectivity index (χ3v) is 2.93. The van der Waals surface area contributed by atoms with Crippen LogP contribution in [0.3, 0.4) is 0 Å². The van der Waals surface area contributed by atoms with Gasteiger partial charge in [-0.15, -0.1) is 0 Å². The molecule has 1 aromatic rings. The van der Waals surface area contributed by atoms with Crippen LogP contribution in [0.15, 0.2) is 18.2 Å². The molecule has 5 nitrogen and oxygen atoms in total. The summed E-state index contributed by atoms with van der Waals surface area (Å²) in [5.41, 5.74) is 1.43. The number of carbonyl (C=O) groups excluding carboxylic acids is 2. The highest BCUT2D eigenvalue weighted by molar-refractivity contribution is 6.33. The first-order valence-electron chi connectivity index (χ1n) is 6.42. The van der Waals surface area contributed by atoms with E-state index in [1.807, 2.05) is 19.1 Å². The van der Waals surface area contributed by atoms with Gasteiger partial charge in [-0.1, -0.05) is 23.7 Å². The van der Waals surface area contributed by atoms with Gasteiger partial charge in [-0.05, 0) is 32.4 Å². The molecule has 0 saturated heterocycles. The number of nitrogens with one attached hydrogen (secondary N) is 2. The van der Waals surface area contributed by atoms with Crippen molar-refractivity contribution in [3.63, 3.8) is 0 Å². The lowest BCUT2D eigenvalue weighted by molar-refractivity contribution is -0.143. The zero-order valence-corrected chi connectivity index (χ0v) is 12.6. The van der Waals surface area contributed by atoms with Crippen LogP contribution >= 0.6 is 11.6 Å². The van der Waals surface area contributed by atoms with E-state index in [1.165, 1.54) is 0 Å². The first-order chi connectivity index (χ1) is 9.43. The van der Waals surface area contributed by atoms with Gasteiger partial charge in [0, 0.05) is 6.04 Å². The lowest BCUT2D eigenvalue weighted by atomic mass is 10.2. The molecular weight excluding hydrogens is 280 g/mol. The van der Waals surface area contributed by atoms with Crippen LogP contribution in [0.1, 0.15) is 25.8 Å². The van der Waals surface area contributed by atoms with Crippen molar-refractivity contribution in [1.82, 2.24) is 5.32 Å². The monoisotopic (exact) mass is 298 g/mol. The normalized spacial score (nSPS) is 11.6. The van der Waals surface area contributed by atoms with Crippen LogP contribution < -0.4 is 10.6 Å². The molecule has 110 valence electrons. The number of amides is 2. The summed E-state index contributed by atoms with van der Waals surface area (Å²) >= 11 is 6.02. The van der Waals surface area contributed by atoms with E-state index in [4.69, 9.17) is 16.3 Å². The highest BCUT2D eigenvalue weighted by Gasteiger charge is 2.14. The lowest BCUT2D eigenvalue weighted by Crippen LogP contribution is -2.37. The quantitative estimate of drug-likeness (QED) is 0.821. The SMILES string of the molecule is CCOC(=O)CC(C)NC(=O)Nc1c(C)cccc1Cl. The third kappa shape index (κ3) is 5.09. The van der Waals surface area contributed by atoms with E-state index in [1.54, 1.807) is 19.9 Å². The van der Waals surface area contributed by atoms with Crippen LogP contribution in [-0.4, -0.2) is 24.6 Å². The van der Waals surface area contributed by atoms with Crippen molar-refractivity contribution < 1.29 is 14.3 Å². The average Bonchev–Trinajstić information content (AvgIpc) is 2.34. The van der Waals surface area contributed by atoms with E-state index in [9.17, 15) is 9.59 Å². The van der Waals surface area contributed by atoms with E-state index in [-0.39, 0.29) is 18.4 Å². The van der Waals surface area contributed by atoms with Crippen LogP contribution in [-0.2, 0) is 9.53 Å². The molecular formula is C14H19ClN2O3. The number of hydrogen-bond donors (Lipinski definition) is 2. The summed E-state index contributed by atoms with van der Waals surface area (Å²) in [4.78, 5) is 23.1. The number of benzene rings is 1. The molecule has 0 saturated carbocycles. The number of halogens is 1. The fourth-order valence-electron chi connectivity index (χ4n) is 1.68. The largest absolute Gasteiger partial charge is 0.466 e. The molecule has 2 N–H and O–H groups in total. The molecule has 0 heterocycles. The smallest absolute Gasteiger partial charge is 0.319 e. The van der Waals surface area contributed by atoms with Crippen molar-refractivity contribution in [3.8, 4) is 0 Å². The maximum atomic E-state index is 11.8. The summed E-state index contributed by atoms with van der Waals surface area (Å²) in [6, 6.07) is 4.63. The van der Waals surface area contributed by atoms with Crippen molar-refractivity contribution in [2.24, 2.45) is 0 Å². The van der Waals surface area contributed by atoms with Crippen LogP contribution in [0.2, 0.25) is 5.02 Å². The van der Waals surface area contributed by atoms with Gasteiger partial charge in [0.2, 0.25) is 0 Å². The van der Waals surface area contributed by atoms with E-state index in [2.05, 4.69) is 10.6 Å². The number of esters is 1. The molecule has 0 aliphatic rings. The van der Waals surface area contributed by atoms with Crippen molar-refractivity contribution in [1.29, 1.82) is 0 Å². The molecule has 1 rings (SSSR count). The van der Waals surface area contributed by atoms with Gasteiger partial charge in [-0.25, -0.2) is 4.79 Å². The summed E-state index contributed by atoms with van der Waals surface area (Å²) in [6.45, 7) is 5.65. The Morgan fingerprint density at radius 1 is 1.40 bits per heavy atom. The van der Waals surface area contributed by atoms with Gasteiger partial charge >= 0.3 is 12.0 Å². The molecule has 0 aliphatic heterocycles. The maximum Gasteiger partial charge on any atom is 0.319 e. The Hall–Kier alpha value is -1.75. The summed E-state index contributed by atoms with van der Waals surface area (Å²) in [6.07, 6.45) is 0.128. The molecule has 1 aromatic carbocycles. The van der Waals surface area contributed by atoms with E-state index in [0.29, 0.717) is 17.3 Å². The Morgan fingerprint density at radius 3 is 2.70 bits per heavy atom. The van der Waals surface area contributed by atoms with Crippen molar-refractivity contribution in [3.05, 3.63) is 28.8 Å². The Morgan fingerprint density at radius 2 is 2.10 bits per heavy atom. The summed E-state index contributed by atoms with van der Waals surface area (Å²) in [5.74, 6) is -0.339. The van der Waals surface area contributed by atoms with Gasteiger partial charge in [0.05, 0.1) is 23.7 Å². The molecule has 1 atom stereocenters. The minimum atomic E-state index is -0.405. The van der Waals surface area contributed by atoms with Crippen LogP contribution in [0.5, 0.6) is 0 Å². The summed E-state index contributed by atoms with van der Waals surface area (Å²) in [5, 5.41) is 5.81. The fourth-order valence-corrected chi connectivity index (χ4v) is 1.95. The zero-order chi connectivity index (χ0) is 15.1. The average molecular weight is 299 g/mol. The van der Waals surface area contributed by atoms with Gasteiger partial charge in [-0.2, -0.15) is 0 Å². The van der Waals surface area contributed by atoms with Crippen LogP contribution in [0.4, 0.5) is 10.5 Å². The number of aryl methyl sites for hydroxylation is 1. The molecule has 20 heavy (non-hydrogen) atoms. The number of anilines is 1. The first-order valence-corrected chi connectivity index (χ1v) is 6.80. The number of ether oxygens (including phenoxy) is 1. The fraction of sp³-hybridized carbons (Fsp3) is 0.429. The van der Waals surface area contributed by atoms with Gasteiger partial charge in [0.25, 0.3) is 0 Å². The molecule has 0 bridgehead atoms. The summed E-state index contributed by atoms with van der Waals surface area (Å²) < 4.78 is 4.82. The molecule has 6 heteroatoms. The minimum absolute atomic E-state index is 0.128. The van der Waals surface area contributed by atoms with Crippen LogP contribution in [0.25, 0.3) is 0 Å². The second kappa shape index (κ2) is 7.75. The van der Waals surface area contributed by atoms with Gasteiger partial charge in [0.1, 0.15) is 0 Å². The number of para-hydroxylation sites is 1. The number of rotatable bonds is 5. The number of hydrogen-bond acceptors (Lipinski definition) is 3. The van der Waals surface area contributed by atoms with Crippen molar-refractivity contribution in [2.45, 2.75) is 33.2 Å². The van der Waals surface area contributed by atoms with Gasteiger partial charge in [-0.3, -0.25) is 4.79 Å². The lowest BCUT2D eigenvalue weighted by Gasteiger charge is -2.15. The highest BCUT2D eigenvalue weighted by Crippen LogP contribution is 2.24. The predicted molar refractivity (Wildman–Crippen MR) is 79.1 cm³/mol. The molecule has 0 radical (unpaired) electrons. The highest BCUT2D eigenvalue weighted by atomic mass is 35.5. The van der Waals surface area contributed by atoms with Crippen LogP contribution in [0, 0.1) is 6.92 Å². The molecule has 1 unspecified atom stereocenters. The third-order valence-electron chi connectivity index (χ3n) is 2.62. The van der Waals surface area contributed by atoms with Crippen molar-refractivity contribution >= 4 is 29.3 Å². The van der Waals surface area contributed by atoms with Gasteiger partial charge < -0.3 is 15.4 Å². The topological polar surface area (TPSA) is 67.4 Å². The number of urea groups is 1. The molecule has 0 fully saturated rings. The molecule has 0 aliphatic carbocycles. The van der Waals surface area contributed by atoms with E-state index >= 15 is 0 Å². The Kier molecular flexibility index (Phi) is 6.31.